The molecular weight excluding hydrogens is 474 g/mol. The van der Waals surface area contributed by atoms with Gasteiger partial charge in [0.1, 0.15) is 0 Å². The van der Waals surface area contributed by atoms with E-state index in [1.54, 1.807) is 18.2 Å². The van der Waals surface area contributed by atoms with Crippen molar-refractivity contribution in [3.63, 3.8) is 0 Å². The molecule has 0 aliphatic heterocycles. The van der Waals surface area contributed by atoms with Crippen LogP contribution in [-0.4, -0.2) is 5.78 Å². The number of Topliss-reactive ketones (excluding diaryl/α,β-unsaturated/α-hetero) is 1. The first-order valence-electron chi connectivity index (χ1n) is 12.9. The Kier molecular flexibility index (Phi) is 8.38. The first kappa shape index (κ1) is 27.1. The lowest BCUT2D eigenvalue weighted by Gasteiger charge is -2.27. The van der Waals surface area contributed by atoms with Gasteiger partial charge in [-0.15, -0.1) is 0 Å². The van der Waals surface area contributed by atoms with Crippen molar-refractivity contribution in [3.8, 4) is 0 Å². The van der Waals surface area contributed by atoms with Crippen LogP contribution < -0.4 is 4.90 Å². The number of fused-ring (bicyclic) bond motifs is 2. The summed E-state index contributed by atoms with van der Waals surface area (Å²) in [6.45, 7) is 19.2. The Morgan fingerprint density at radius 3 is 1.90 bits per heavy atom. The van der Waals surface area contributed by atoms with E-state index in [0.717, 1.165) is 39.0 Å². The molecule has 2 nitrogen and oxygen atoms in total. The number of hydrogen-bond donors (Lipinski definition) is 0. The highest BCUT2D eigenvalue weighted by atomic mass is 16.1. The third kappa shape index (κ3) is 5.81. The number of anilines is 2. The molecule has 0 aliphatic carbocycles. The van der Waals surface area contributed by atoms with E-state index in [0.29, 0.717) is 11.1 Å². The van der Waals surface area contributed by atoms with Crippen LogP contribution in [-0.2, 0) is 4.79 Å². The summed E-state index contributed by atoms with van der Waals surface area (Å²) in [5.74, 6) is -0.0465. The summed E-state index contributed by atoms with van der Waals surface area (Å²) in [5.41, 5.74) is 5.98. The van der Waals surface area contributed by atoms with Gasteiger partial charge in [0.2, 0.25) is 0 Å². The first-order chi connectivity index (χ1) is 18.9. The molecular formula is C37H33NO. The second-order valence-corrected chi connectivity index (χ2v) is 9.35. The molecule has 192 valence electrons. The highest BCUT2D eigenvalue weighted by Crippen LogP contribution is 2.35. The zero-order chi connectivity index (χ0) is 27.9. The number of carbonyl (C=O) groups is 1. The third-order valence-electron chi connectivity index (χ3n) is 6.77. The molecule has 0 bridgehead atoms. The van der Waals surface area contributed by atoms with Crippen LogP contribution in [0.3, 0.4) is 0 Å². The van der Waals surface area contributed by atoms with Gasteiger partial charge < -0.3 is 4.90 Å². The van der Waals surface area contributed by atoms with Crippen LogP contribution in [0.15, 0.2) is 158 Å². The third-order valence-corrected chi connectivity index (χ3v) is 6.77. The zero-order valence-electron chi connectivity index (χ0n) is 22.7. The quantitative estimate of drug-likeness (QED) is 0.157. The lowest BCUT2D eigenvalue weighted by molar-refractivity contribution is -0.111. The van der Waals surface area contributed by atoms with Crippen molar-refractivity contribution in [3.05, 3.63) is 164 Å². The van der Waals surface area contributed by atoms with Crippen molar-refractivity contribution < 1.29 is 4.79 Å². The number of carbonyl (C=O) groups excluding carboxylic acids is 1. The Morgan fingerprint density at radius 2 is 1.28 bits per heavy atom. The maximum absolute atomic E-state index is 13.0. The molecule has 4 aromatic rings. The predicted molar refractivity (Wildman–Crippen MR) is 170 cm³/mol. The highest BCUT2D eigenvalue weighted by molar-refractivity contribution is 6.13. The highest BCUT2D eigenvalue weighted by Gasteiger charge is 2.15. The van der Waals surface area contributed by atoms with Crippen molar-refractivity contribution in [1.29, 1.82) is 0 Å². The molecule has 0 radical (unpaired) electrons. The Balaban J connectivity index is 1.76. The summed E-state index contributed by atoms with van der Waals surface area (Å²) in [6, 6.07) is 27.4. The molecule has 0 aromatic heterocycles. The van der Waals surface area contributed by atoms with Gasteiger partial charge in [-0.3, -0.25) is 4.79 Å². The van der Waals surface area contributed by atoms with Gasteiger partial charge in [0, 0.05) is 22.6 Å². The largest absolute Gasteiger partial charge is 0.310 e. The van der Waals surface area contributed by atoms with Crippen molar-refractivity contribution in [2.24, 2.45) is 0 Å². The molecule has 4 aromatic carbocycles. The van der Waals surface area contributed by atoms with Gasteiger partial charge in [-0.05, 0) is 101 Å². The molecule has 0 atom stereocenters. The van der Waals surface area contributed by atoms with E-state index in [2.05, 4.69) is 97.9 Å². The number of rotatable bonds is 10. The Labute approximate surface area is 231 Å². The SMILES string of the molecule is C=C/C=C(\C=C)N(c1ccc2ccccc2c1)c1ccc2cc(C=C(C)C(=O)/C(C=C)=C(\C)C=C)ccc2c1. The van der Waals surface area contributed by atoms with Crippen molar-refractivity contribution in [2.45, 2.75) is 13.8 Å². The molecule has 0 amide bonds. The minimum absolute atomic E-state index is 0.0465. The maximum Gasteiger partial charge on any atom is 0.188 e. The first-order valence-corrected chi connectivity index (χ1v) is 12.9. The van der Waals surface area contributed by atoms with Crippen molar-refractivity contribution in [1.82, 2.24) is 0 Å². The topological polar surface area (TPSA) is 20.3 Å². The molecule has 39 heavy (non-hydrogen) atoms. The number of hydrogen-bond acceptors (Lipinski definition) is 2. The summed E-state index contributed by atoms with van der Waals surface area (Å²) in [4.78, 5) is 15.1. The van der Waals surface area contributed by atoms with E-state index in [9.17, 15) is 4.79 Å². The van der Waals surface area contributed by atoms with Crippen LogP contribution in [0.25, 0.3) is 27.6 Å². The van der Waals surface area contributed by atoms with Gasteiger partial charge >= 0.3 is 0 Å². The number of allylic oxidation sites excluding steroid dienone is 8. The number of ketones is 1. The Morgan fingerprint density at radius 1 is 0.692 bits per heavy atom. The molecule has 4 rings (SSSR count). The van der Waals surface area contributed by atoms with Crippen LogP contribution in [0.5, 0.6) is 0 Å². The number of nitrogens with zero attached hydrogens (tertiary/aromatic N) is 1. The second kappa shape index (κ2) is 12.1. The normalized spacial score (nSPS) is 12.6. The molecule has 2 heteroatoms. The average Bonchev–Trinajstić information content (AvgIpc) is 2.96. The van der Waals surface area contributed by atoms with Gasteiger partial charge in [0.25, 0.3) is 0 Å². The van der Waals surface area contributed by atoms with Gasteiger partial charge in [-0.25, -0.2) is 0 Å². The minimum atomic E-state index is -0.0465. The molecule has 0 N–H and O–H groups in total. The fourth-order valence-electron chi connectivity index (χ4n) is 4.67. The summed E-state index contributed by atoms with van der Waals surface area (Å²) in [5, 5.41) is 4.54. The van der Waals surface area contributed by atoms with Gasteiger partial charge in [0.15, 0.2) is 5.78 Å². The van der Waals surface area contributed by atoms with E-state index < -0.39 is 0 Å². The Bertz CT molecular complexity index is 1710. The van der Waals surface area contributed by atoms with Crippen LogP contribution in [0.1, 0.15) is 19.4 Å². The van der Waals surface area contributed by atoms with E-state index in [4.69, 9.17) is 0 Å². The maximum atomic E-state index is 13.0. The Hall–Kier alpha value is -4.95. The molecule has 0 aliphatic rings. The molecule has 0 heterocycles. The molecule has 0 unspecified atom stereocenters. The van der Waals surface area contributed by atoms with E-state index in [-0.39, 0.29) is 5.78 Å². The molecule has 0 saturated carbocycles. The fraction of sp³-hybridized carbons (Fsp3) is 0.0541. The minimum Gasteiger partial charge on any atom is -0.310 e. The average molecular weight is 508 g/mol. The van der Waals surface area contributed by atoms with E-state index >= 15 is 0 Å². The van der Waals surface area contributed by atoms with Crippen LogP contribution in [0.2, 0.25) is 0 Å². The smallest absolute Gasteiger partial charge is 0.188 e. The molecule has 0 saturated heterocycles. The lowest BCUT2D eigenvalue weighted by atomic mass is 9.97. The fourth-order valence-corrected chi connectivity index (χ4v) is 4.67. The lowest BCUT2D eigenvalue weighted by Crippen LogP contribution is -2.15. The summed E-state index contributed by atoms with van der Waals surface area (Å²) in [6.07, 6.45) is 10.8. The zero-order valence-corrected chi connectivity index (χ0v) is 22.7. The van der Waals surface area contributed by atoms with Crippen molar-refractivity contribution >= 4 is 44.8 Å². The van der Waals surface area contributed by atoms with E-state index in [1.165, 1.54) is 10.8 Å². The van der Waals surface area contributed by atoms with E-state index in [1.807, 2.05) is 44.2 Å². The summed E-state index contributed by atoms with van der Waals surface area (Å²) in [7, 11) is 0. The van der Waals surface area contributed by atoms with Crippen LogP contribution in [0.4, 0.5) is 11.4 Å². The summed E-state index contributed by atoms with van der Waals surface area (Å²) >= 11 is 0. The predicted octanol–water partition coefficient (Wildman–Crippen LogP) is 10.0. The van der Waals surface area contributed by atoms with Crippen molar-refractivity contribution in [2.75, 3.05) is 4.90 Å². The van der Waals surface area contributed by atoms with Crippen LogP contribution >= 0.6 is 0 Å². The second-order valence-electron chi connectivity index (χ2n) is 9.35. The summed E-state index contributed by atoms with van der Waals surface area (Å²) < 4.78 is 0. The van der Waals surface area contributed by atoms with Gasteiger partial charge in [0.05, 0.1) is 0 Å². The molecule has 0 spiro atoms. The van der Waals surface area contributed by atoms with Gasteiger partial charge in [-0.2, -0.15) is 0 Å². The molecule has 0 fully saturated rings. The van der Waals surface area contributed by atoms with Crippen LogP contribution in [0, 0.1) is 0 Å². The van der Waals surface area contributed by atoms with Gasteiger partial charge in [-0.1, -0.05) is 93.1 Å². The standard InChI is InChI=1S/C37H33NO/c1-7-13-33(9-3)38(34-20-18-29-14-11-12-15-30(29)24-34)35-21-19-31-23-28(16-17-32(31)25-35)22-27(6)37(39)36(10-4)26(5)8-2/h7-25H,1-4H2,5-6H3/b27-22?,33-13+,36-26+. The number of benzene rings is 4. The monoisotopic (exact) mass is 507 g/mol.